The first-order valence-electron chi connectivity index (χ1n) is 26.4. The molecule has 0 aliphatic carbocycles. The highest BCUT2D eigenvalue weighted by atomic mass is 19.1. The standard InChI is InChI=1S/2C17H18N4O.2C9H13FN2.4C2H6/c2*1-11-8-14(10-18-9-11)17-20-19-13(3)21(17)16-12(2)6-5-7-15(16)22-4;2*1-6(2)7(3)9-11-4-8(10)5-12-9;4*1-2/h2*5-10H,1-4H3;2*4-7H,1-3H3;4*1-2H3/t;;2*7-;;;;/m..11..../s1. The van der Waals surface area contributed by atoms with Crippen molar-refractivity contribution in [2.24, 2.45) is 11.8 Å². The van der Waals surface area contributed by atoms with Gasteiger partial charge in [0, 0.05) is 47.8 Å². The van der Waals surface area contributed by atoms with E-state index >= 15 is 0 Å². The second-order valence-corrected chi connectivity index (χ2v) is 17.2. The molecule has 0 fully saturated rings. The number of aromatic nitrogens is 12. The average Bonchev–Trinajstić information content (AvgIpc) is 4.02. The Balaban J connectivity index is 0.000000501. The second kappa shape index (κ2) is 35.0. The van der Waals surface area contributed by atoms with Crippen LogP contribution in [0.4, 0.5) is 8.78 Å². The molecule has 76 heavy (non-hydrogen) atoms. The van der Waals surface area contributed by atoms with Crippen LogP contribution in [0.1, 0.15) is 154 Å². The summed E-state index contributed by atoms with van der Waals surface area (Å²) in [5.41, 5.74) is 8.17. The summed E-state index contributed by atoms with van der Waals surface area (Å²) in [6, 6.07) is 16.1. The van der Waals surface area contributed by atoms with Crippen LogP contribution in [0.5, 0.6) is 11.5 Å². The first-order valence-corrected chi connectivity index (χ1v) is 26.4. The van der Waals surface area contributed by atoms with Gasteiger partial charge in [-0.25, -0.2) is 28.7 Å². The Morgan fingerprint density at radius 1 is 0.434 bits per heavy atom. The van der Waals surface area contributed by atoms with Crippen LogP contribution in [0.25, 0.3) is 34.2 Å². The highest BCUT2D eigenvalue weighted by Crippen LogP contribution is 2.33. The molecule has 0 amide bonds. The molecule has 0 aliphatic rings. The van der Waals surface area contributed by atoms with Crippen molar-refractivity contribution in [1.82, 2.24) is 59.4 Å². The highest BCUT2D eigenvalue weighted by Gasteiger charge is 2.20. The monoisotopic (exact) mass is 1040 g/mol. The van der Waals surface area contributed by atoms with Gasteiger partial charge in [-0.15, -0.1) is 20.4 Å². The zero-order valence-electron chi connectivity index (χ0n) is 49.5. The van der Waals surface area contributed by atoms with E-state index in [1.807, 2.05) is 143 Å². The first kappa shape index (κ1) is 66.7. The van der Waals surface area contributed by atoms with Gasteiger partial charge in [-0.1, -0.05) is 121 Å². The Hall–Kier alpha value is -7.36. The molecule has 8 aromatic rings. The lowest BCUT2D eigenvalue weighted by Gasteiger charge is -2.15. The number of halogens is 2. The van der Waals surface area contributed by atoms with Crippen molar-refractivity contribution >= 4 is 0 Å². The number of hydrogen-bond donors (Lipinski definition) is 0. The Labute approximate surface area is 453 Å². The topological polar surface area (TPSA) is 157 Å². The second-order valence-electron chi connectivity index (χ2n) is 17.2. The smallest absolute Gasteiger partial charge is 0.170 e. The zero-order valence-corrected chi connectivity index (χ0v) is 49.5. The lowest BCUT2D eigenvalue weighted by molar-refractivity contribution is 0.412. The van der Waals surface area contributed by atoms with Crippen molar-refractivity contribution in [3.63, 3.8) is 0 Å². The summed E-state index contributed by atoms with van der Waals surface area (Å²) < 4.78 is 39.9. The van der Waals surface area contributed by atoms with Crippen LogP contribution < -0.4 is 9.47 Å². The number of pyridine rings is 2. The maximum absolute atomic E-state index is 12.4. The Morgan fingerprint density at radius 2 is 0.750 bits per heavy atom. The molecule has 6 aromatic heterocycles. The number of aryl methyl sites for hydroxylation is 6. The number of methoxy groups -OCH3 is 2. The highest BCUT2D eigenvalue weighted by molar-refractivity contribution is 5.64. The Kier molecular flexibility index (Phi) is 30.7. The quantitative estimate of drug-likeness (QED) is 0.128. The molecule has 0 radical (unpaired) electrons. The molecule has 412 valence electrons. The number of benzene rings is 2. The number of para-hydroxylation sites is 2. The fraction of sp³-hybridized carbons (Fsp3) is 0.433. The van der Waals surface area contributed by atoms with Gasteiger partial charge >= 0.3 is 0 Å². The van der Waals surface area contributed by atoms with Crippen LogP contribution in [0, 0.1) is 65.0 Å². The molecule has 0 unspecified atom stereocenters. The normalized spacial score (nSPS) is 10.8. The van der Waals surface area contributed by atoms with Gasteiger partial charge in [0.1, 0.15) is 34.8 Å². The third kappa shape index (κ3) is 19.1. The molecular formula is C60H86F2N12O2. The van der Waals surface area contributed by atoms with Crippen LogP contribution in [0.3, 0.4) is 0 Å². The van der Waals surface area contributed by atoms with Crippen molar-refractivity contribution < 1.29 is 18.3 Å². The maximum atomic E-state index is 12.4. The largest absolute Gasteiger partial charge is 0.495 e. The predicted octanol–water partition coefficient (Wildman–Crippen LogP) is 15.4. The van der Waals surface area contributed by atoms with Crippen molar-refractivity contribution in [3.8, 4) is 45.6 Å². The van der Waals surface area contributed by atoms with Gasteiger partial charge in [0.15, 0.2) is 23.3 Å². The third-order valence-corrected chi connectivity index (χ3v) is 11.3. The molecule has 2 aromatic carbocycles. The molecule has 0 spiro atoms. The van der Waals surface area contributed by atoms with Crippen LogP contribution in [-0.2, 0) is 0 Å². The molecule has 0 N–H and O–H groups in total. The minimum atomic E-state index is -0.380. The third-order valence-electron chi connectivity index (χ3n) is 11.3. The van der Waals surface area contributed by atoms with E-state index in [9.17, 15) is 8.78 Å². The van der Waals surface area contributed by atoms with Gasteiger partial charge in [0.2, 0.25) is 0 Å². The van der Waals surface area contributed by atoms with E-state index in [0.29, 0.717) is 23.5 Å². The van der Waals surface area contributed by atoms with E-state index in [1.54, 1.807) is 26.6 Å². The SMILES string of the molecule is CC.CC.CC.CC.CC(C)[C@@H](C)c1ncc(F)cn1.CC(C)[C@@H](C)c1ncc(F)cn1.COc1cccc(C)c1-n1c(C)nnc1-c1cncc(C)c1.COc1cccc(C)c1-n1c(C)nnc1-c1cncc(C)c1. The Bertz CT molecular complexity index is 2670. The summed E-state index contributed by atoms with van der Waals surface area (Å²) in [7, 11) is 3.34. The molecule has 0 bridgehead atoms. The summed E-state index contributed by atoms with van der Waals surface area (Å²) in [6.45, 7) is 40.5. The van der Waals surface area contributed by atoms with Gasteiger partial charge in [-0.3, -0.25) is 19.1 Å². The van der Waals surface area contributed by atoms with E-state index in [-0.39, 0.29) is 23.5 Å². The maximum Gasteiger partial charge on any atom is 0.170 e. The van der Waals surface area contributed by atoms with E-state index in [0.717, 1.165) is 79.6 Å². The fourth-order valence-corrected chi connectivity index (χ4v) is 6.87. The fourth-order valence-electron chi connectivity index (χ4n) is 6.87. The Morgan fingerprint density at radius 3 is 1.03 bits per heavy atom. The first-order chi connectivity index (χ1) is 36.4. The molecular weight excluding hydrogens is 959 g/mol. The molecule has 6 heterocycles. The van der Waals surface area contributed by atoms with E-state index < -0.39 is 0 Å². The van der Waals surface area contributed by atoms with Gasteiger partial charge in [0.05, 0.1) is 50.4 Å². The molecule has 0 saturated heterocycles. The van der Waals surface area contributed by atoms with Gasteiger partial charge < -0.3 is 9.47 Å². The number of nitrogens with zero attached hydrogens (tertiary/aromatic N) is 12. The van der Waals surface area contributed by atoms with Gasteiger partial charge in [0.25, 0.3) is 0 Å². The number of rotatable bonds is 10. The van der Waals surface area contributed by atoms with Crippen molar-refractivity contribution in [2.75, 3.05) is 14.2 Å². The molecule has 0 saturated carbocycles. The van der Waals surface area contributed by atoms with Gasteiger partial charge in [-0.2, -0.15) is 0 Å². The molecule has 14 nitrogen and oxygen atoms in total. The molecule has 2 atom stereocenters. The lowest BCUT2D eigenvalue weighted by atomic mass is 9.97. The summed E-state index contributed by atoms with van der Waals surface area (Å²) in [5, 5.41) is 17.2. The van der Waals surface area contributed by atoms with Crippen molar-refractivity contribution in [1.29, 1.82) is 0 Å². The zero-order chi connectivity index (χ0) is 57.7. The molecule has 0 aliphatic heterocycles. The number of ether oxygens (including phenoxy) is 2. The lowest BCUT2D eigenvalue weighted by Crippen LogP contribution is -2.06. The van der Waals surface area contributed by atoms with E-state index in [4.69, 9.17) is 9.47 Å². The summed E-state index contributed by atoms with van der Waals surface area (Å²) in [5.74, 6) is 6.94. The van der Waals surface area contributed by atoms with E-state index in [2.05, 4.69) is 116 Å². The van der Waals surface area contributed by atoms with Crippen molar-refractivity contribution in [2.45, 2.75) is 150 Å². The summed E-state index contributed by atoms with van der Waals surface area (Å²) in [6.07, 6.45) is 12.1. The summed E-state index contributed by atoms with van der Waals surface area (Å²) in [4.78, 5) is 24.2. The van der Waals surface area contributed by atoms with Crippen molar-refractivity contribution in [3.05, 3.63) is 155 Å². The van der Waals surface area contributed by atoms with Gasteiger partial charge in [-0.05, 0) is 99.9 Å². The summed E-state index contributed by atoms with van der Waals surface area (Å²) >= 11 is 0. The van der Waals surface area contributed by atoms with E-state index in [1.165, 1.54) is 24.8 Å². The predicted molar refractivity (Wildman–Crippen MR) is 307 cm³/mol. The molecule has 8 rings (SSSR count). The van der Waals surface area contributed by atoms with Crippen LogP contribution in [0.2, 0.25) is 0 Å². The van der Waals surface area contributed by atoms with Crippen LogP contribution in [-0.4, -0.2) is 73.7 Å². The average molecular weight is 1050 g/mol. The van der Waals surface area contributed by atoms with Crippen LogP contribution in [0.15, 0.2) is 98.1 Å². The minimum Gasteiger partial charge on any atom is -0.495 e. The number of hydrogen-bond acceptors (Lipinski definition) is 12. The van der Waals surface area contributed by atoms with Crippen LogP contribution >= 0.6 is 0 Å². The molecule has 16 heteroatoms. The minimum absolute atomic E-state index is 0.283.